The maximum absolute atomic E-state index is 12.7. The lowest BCUT2D eigenvalue weighted by atomic mass is 10.1. The maximum atomic E-state index is 12.7. The van der Waals surface area contributed by atoms with E-state index in [9.17, 15) is 9.59 Å². The van der Waals surface area contributed by atoms with E-state index in [1.165, 1.54) is 4.90 Å². The Kier molecular flexibility index (Phi) is 3.81. The molecule has 25 heavy (non-hydrogen) atoms. The third kappa shape index (κ3) is 2.61. The van der Waals surface area contributed by atoms with Crippen molar-refractivity contribution in [1.82, 2.24) is 4.90 Å². The van der Waals surface area contributed by atoms with Gasteiger partial charge in [0, 0.05) is 31.9 Å². The molecule has 2 aromatic carbocycles. The lowest BCUT2D eigenvalue weighted by Crippen LogP contribution is -2.44. The number of anilines is 2. The van der Waals surface area contributed by atoms with Gasteiger partial charge in [-0.05, 0) is 49.9 Å². The summed E-state index contributed by atoms with van der Waals surface area (Å²) in [6, 6.07) is 13.0. The molecule has 0 unspecified atom stereocenters. The fourth-order valence-corrected chi connectivity index (χ4v) is 3.56. The molecular weight excluding hydrogens is 314 g/mol. The van der Waals surface area contributed by atoms with Gasteiger partial charge in [-0.3, -0.25) is 9.59 Å². The molecule has 0 atom stereocenters. The van der Waals surface area contributed by atoms with E-state index in [2.05, 4.69) is 22.9 Å². The highest BCUT2D eigenvalue weighted by Gasteiger charge is 2.37. The van der Waals surface area contributed by atoms with Gasteiger partial charge in [0.15, 0.2) is 0 Å². The highest BCUT2D eigenvalue weighted by molar-refractivity contribution is 6.34. The summed E-state index contributed by atoms with van der Waals surface area (Å²) in [5.41, 5.74) is 3.71. The molecule has 5 nitrogen and oxygen atoms in total. The van der Waals surface area contributed by atoms with Crippen molar-refractivity contribution in [3.63, 3.8) is 0 Å². The Bertz CT molecular complexity index is 819. The predicted octanol–water partition coefficient (Wildman–Crippen LogP) is 2.55. The second-order valence-corrected chi connectivity index (χ2v) is 6.75. The fraction of sp³-hybridized carbons (Fsp3) is 0.300. The molecule has 0 bridgehead atoms. The van der Waals surface area contributed by atoms with Gasteiger partial charge >= 0.3 is 0 Å². The van der Waals surface area contributed by atoms with Gasteiger partial charge in [0.2, 0.25) is 0 Å². The lowest BCUT2D eigenvalue weighted by Gasteiger charge is -2.34. The van der Waals surface area contributed by atoms with Crippen molar-refractivity contribution in [2.24, 2.45) is 0 Å². The van der Waals surface area contributed by atoms with E-state index in [1.807, 2.05) is 19.1 Å². The molecule has 0 spiro atoms. The Labute approximate surface area is 147 Å². The number of nitrogens with zero attached hydrogens (tertiary/aromatic N) is 3. The minimum absolute atomic E-state index is 0.240. The quantitative estimate of drug-likeness (QED) is 0.791. The molecule has 2 aromatic rings. The van der Waals surface area contributed by atoms with Crippen LogP contribution in [0.15, 0.2) is 42.5 Å². The first-order valence-electron chi connectivity index (χ1n) is 8.58. The number of carbonyl (C=O) groups is 2. The van der Waals surface area contributed by atoms with Gasteiger partial charge < -0.3 is 9.80 Å². The second-order valence-electron chi connectivity index (χ2n) is 6.75. The number of rotatable bonds is 2. The topological polar surface area (TPSA) is 43.9 Å². The van der Waals surface area contributed by atoms with Crippen LogP contribution in [0.4, 0.5) is 11.4 Å². The van der Waals surface area contributed by atoms with E-state index in [0.717, 1.165) is 37.4 Å². The van der Waals surface area contributed by atoms with E-state index in [0.29, 0.717) is 16.8 Å². The van der Waals surface area contributed by atoms with Crippen LogP contribution in [0.25, 0.3) is 0 Å². The Hall–Kier alpha value is -2.66. The Balaban J connectivity index is 1.64. The smallest absolute Gasteiger partial charge is 0.266 e. The number of likely N-dealkylation sites (N-methyl/N-ethyl adjacent to an activating group) is 1. The van der Waals surface area contributed by atoms with Crippen molar-refractivity contribution >= 4 is 23.2 Å². The Morgan fingerprint density at radius 3 is 2.00 bits per heavy atom. The first-order chi connectivity index (χ1) is 12.1. The van der Waals surface area contributed by atoms with Crippen molar-refractivity contribution in [3.8, 4) is 0 Å². The summed E-state index contributed by atoms with van der Waals surface area (Å²) in [4.78, 5) is 31.3. The van der Waals surface area contributed by atoms with Gasteiger partial charge in [-0.1, -0.05) is 12.1 Å². The molecule has 1 saturated heterocycles. The lowest BCUT2D eigenvalue weighted by molar-refractivity contribution is 0.0926. The molecule has 2 amide bonds. The van der Waals surface area contributed by atoms with E-state index < -0.39 is 0 Å². The number of piperazine rings is 1. The number of hydrogen-bond acceptors (Lipinski definition) is 4. The summed E-state index contributed by atoms with van der Waals surface area (Å²) in [6.45, 7) is 6.02. The molecule has 128 valence electrons. The van der Waals surface area contributed by atoms with E-state index in [1.54, 1.807) is 24.3 Å². The van der Waals surface area contributed by atoms with Crippen molar-refractivity contribution in [2.75, 3.05) is 43.0 Å². The van der Waals surface area contributed by atoms with Gasteiger partial charge in [0.05, 0.1) is 16.8 Å². The van der Waals surface area contributed by atoms with Crippen LogP contribution >= 0.6 is 0 Å². The minimum Gasteiger partial charge on any atom is -0.369 e. The molecule has 0 saturated carbocycles. The highest BCUT2D eigenvalue weighted by atomic mass is 16.2. The average molecular weight is 335 g/mol. The fourth-order valence-electron chi connectivity index (χ4n) is 3.56. The zero-order chi connectivity index (χ0) is 17.6. The molecule has 4 rings (SSSR count). The van der Waals surface area contributed by atoms with E-state index in [-0.39, 0.29) is 11.8 Å². The van der Waals surface area contributed by atoms with Gasteiger partial charge in [0.1, 0.15) is 0 Å². The van der Waals surface area contributed by atoms with Crippen LogP contribution in [0.5, 0.6) is 0 Å². The van der Waals surface area contributed by atoms with E-state index in [4.69, 9.17) is 0 Å². The summed E-state index contributed by atoms with van der Waals surface area (Å²) >= 11 is 0. The third-order valence-electron chi connectivity index (χ3n) is 5.08. The van der Waals surface area contributed by atoms with Crippen LogP contribution in [0.3, 0.4) is 0 Å². The zero-order valence-electron chi connectivity index (χ0n) is 14.5. The first-order valence-corrected chi connectivity index (χ1v) is 8.58. The molecule has 1 fully saturated rings. The van der Waals surface area contributed by atoms with Crippen LogP contribution in [-0.2, 0) is 0 Å². The average Bonchev–Trinajstić information content (AvgIpc) is 2.87. The van der Waals surface area contributed by atoms with Crippen molar-refractivity contribution < 1.29 is 9.59 Å². The number of carbonyl (C=O) groups excluding carboxylic acids is 2. The third-order valence-corrected chi connectivity index (χ3v) is 5.08. The maximum Gasteiger partial charge on any atom is 0.266 e. The van der Waals surface area contributed by atoms with Crippen LogP contribution in [-0.4, -0.2) is 49.9 Å². The van der Waals surface area contributed by atoms with Crippen LogP contribution in [0.1, 0.15) is 26.3 Å². The van der Waals surface area contributed by atoms with Gasteiger partial charge in [-0.15, -0.1) is 0 Å². The standard InChI is InChI=1S/C20H21N3O2/c1-14-13-15(22-11-9-21(2)10-12-22)7-8-18(14)23-19(24)16-5-3-4-6-17(16)20(23)25/h3-8,13H,9-12H2,1-2H3. The molecular formula is C20H21N3O2. The zero-order valence-corrected chi connectivity index (χ0v) is 14.5. The summed E-state index contributed by atoms with van der Waals surface area (Å²) < 4.78 is 0. The normalized spacial score (nSPS) is 18.0. The summed E-state index contributed by atoms with van der Waals surface area (Å²) in [6.07, 6.45) is 0. The molecule has 5 heteroatoms. The Morgan fingerprint density at radius 2 is 1.44 bits per heavy atom. The van der Waals surface area contributed by atoms with Crippen LogP contribution in [0, 0.1) is 6.92 Å². The molecule has 0 radical (unpaired) electrons. The summed E-state index contributed by atoms with van der Waals surface area (Å²) in [7, 11) is 2.13. The SMILES string of the molecule is Cc1cc(N2CCN(C)CC2)ccc1N1C(=O)c2ccccc2C1=O. The van der Waals surface area contributed by atoms with Gasteiger partial charge in [0.25, 0.3) is 11.8 Å². The predicted molar refractivity (Wildman–Crippen MR) is 98.5 cm³/mol. The van der Waals surface area contributed by atoms with Crippen LogP contribution < -0.4 is 9.80 Å². The van der Waals surface area contributed by atoms with Crippen molar-refractivity contribution in [1.29, 1.82) is 0 Å². The second kappa shape index (κ2) is 6.01. The minimum atomic E-state index is -0.240. The summed E-state index contributed by atoms with van der Waals surface area (Å²) in [5, 5.41) is 0. The largest absolute Gasteiger partial charge is 0.369 e. The molecule has 0 aliphatic carbocycles. The molecule has 0 N–H and O–H groups in total. The Morgan fingerprint density at radius 1 is 0.840 bits per heavy atom. The van der Waals surface area contributed by atoms with Gasteiger partial charge in [-0.25, -0.2) is 4.90 Å². The molecule has 2 heterocycles. The number of fused-ring (bicyclic) bond motifs is 1. The molecule has 2 aliphatic heterocycles. The number of benzene rings is 2. The number of hydrogen-bond donors (Lipinski definition) is 0. The monoisotopic (exact) mass is 335 g/mol. The van der Waals surface area contributed by atoms with Crippen molar-refractivity contribution in [2.45, 2.75) is 6.92 Å². The van der Waals surface area contributed by atoms with Crippen molar-refractivity contribution in [3.05, 3.63) is 59.2 Å². The first kappa shape index (κ1) is 15.8. The number of imide groups is 1. The molecule has 2 aliphatic rings. The number of amides is 2. The van der Waals surface area contributed by atoms with E-state index >= 15 is 0 Å². The van der Waals surface area contributed by atoms with Crippen LogP contribution in [0.2, 0.25) is 0 Å². The number of aryl methyl sites for hydroxylation is 1. The molecule has 0 aromatic heterocycles. The highest BCUT2D eigenvalue weighted by Crippen LogP contribution is 2.32. The summed E-state index contributed by atoms with van der Waals surface area (Å²) in [5.74, 6) is -0.480. The van der Waals surface area contributed by atoms with Gasteiger partial charge in [-0.2, -0.15) is 0 Å².